The van der Waals surface area contributed by atoms with Crippen LogP contribution in [-0.4, -0.2) is 17.8 Å². The van der Waals surface area contributed by atoms with Crippen LogP contribution in [0.15, 0.2) is 36.4 Å². The Bertz CT molecular complexity index is 566. The molecule has 1 heterocycles. The van der Waals surface area contributed by atoms with Gasteiger partial charge in [0, 0.05) is 0 Å². The van der Waals surface area contributed by atoms with Crippen LogP contribution in [0.5, 0.6) is 5.75 Å². The molecule has 1 aliphatic heterocycles. The Labute approximate surface area is 87.2 Å². The van der Waals surface area contributed by atoms with Crippen molar-refractivity contribution in [1.29, 1.82) is 0 Å². The minimum atomic E-state index is 0.202. The van der Waals surface area contributed by atoms with Gasteiger partial charge in [-0.2, -0.15) is 0 Å². The fourth-order valence-electron chi connectivity index (χ4n) is 1.82. The van der Waals surface area contributed by atoms with Gasteiger partial charge in [0.1, 0.15) is 0 Å². The van der Waals surface area contributed by atoms with Crippen molar-refractivity contribution in [3.05, 3.63) is 42.0 Å². The zero-order chi connectivity index (χ0) is 10.3. The molecule has 2 aromatic carbocycles. The average Bonchev–Trinajstić information content (AvgIpc) is 2.29. The van der Waals surface area contributed by atoms with E-state index < -0.39 is 0 Å². The van der Waals surface area contributed by atoms with Crippen LogP contribution in [0.2, 0.25) is 0 Å². The first kappa shape index (κ1) is 8.35. The third kappa shape index (κ3) is 1.18. The van der Waals surface area contributed by atoms with Gasteiger partial charge in [0.15, 0.2) is 0 Å². The van der Waals surface area contributed by atoms with Crippen molar-refractivity contribution in [3.8, 4) is 5.75 Å². The number of rotatable bonds is 0. The van der Waals surface area contributed by atoms with E-state index in [9.17, 15) is 5.11 Å². The molecular formula is C11H8BNO2. The van der Waals surface area contributed by atoms with Crippen molar-refractivity contribution in [2.24, 2.45) is 0 Å². The second kappa shape index (κ2) is 3.02. The fraction of sp³-hybridized carbons (Fsp3) is 0. The Hall–Kier alpha value is -1.97. The maximum atomic E-state index is 9.78. The SMILES string of the molecule is OC1=BNOc2ccc3ccccc3c21. The van der Waals surface area contributed by atoms with Crippen LogP contribution in [0.1, 0.15) is 5.56 Å². The molecule has 0 radical (unpaired) electrons. The number of aliphatic hydroxyl groups excluding tert-OH is 1. The molecular weight excluding hydrogens is 189 g/mol. The van der Waals surface area contributed by atoms with Gasteiger partial charge in [-0.25, -0.2) is 0 Å². The normalized spacial score (nSPS) is 13.2. The first-order valence-electron chi connectivity index (χ1n) is 4.70. The number of aliphatic hydroxyl groups is 1. The molecule has 1 aliphatic rings. The fourth-order valence-corrected chi connectivity index (χ4v) is 1.82. The van der Waals surface area contributed by atoms with Gasteiger partial charge >= 0.3 is 86.5 Å². The van der Waals surface area contributed by atoms with Crippen molar-refractivity contribution < 1.29 is 9.94 Å². The zero-order valence-corrected chi connectivity index (χ0v) is 7.90. The van der Waals surface area contributed by atoms with E-state index in [1.807, 2.05) is 36.4 Å². The van der Waals surface area contributed by atoms with Gasteiger partial charge in [-0.15, -0.1) is 0 Å². The molecule has 2 aromatic rings. The van der Waals surface area contributed by atoms with Gasteiger partial charge in [0.25, 0.3) is 0 Å². The van der Waals surface area contributed by atoms with Crippen LogP contribution >= 0.6 is 0 Å². The van der Waals surface area contributed by atoms with E-state index in [0.717, 1.165) is 16.3 Å². The van der Waals surface area contributed by atoms with Crippen LogP contribution in [0.25, 0.3) is 10.8 Å². The van der Waals surface area contributed by atoms with Gasteiger partial charge in [0.2, 0.25) is 0 Å². The van der Waals surface area contributed by atoms with Crippen LogP contribution in [0, 0.1) is 0 Å². The number of hydrogen-bond acceptors (Lipinski definition) is 3. The quantitative estimate of drug-likeness (QED) is 0.623. The molecule has 0 saturated heterocycles. The van der Waals surface area contributed by atoms with Gasteiger partial charge in [-0.3, -0.25) is 0 Å². The summed E-state index contributed by atoms with van der Waals surface area (Å²) in [5, 5.41) is 14.4. The number of hydrogen-bond donors (Lipinski definition) is 2. The maximum absolute atomic E-state index is 9.78. The van der Waals surface area contributed by atoms with Gasteiger partial charge in [-0.1, -0.05) is 0 Å². The second-order valence-corrected chi connectivity index (χ2v) is 3.41. The van der Waals surface area contributed by atoms with E-state index in [4.69, 9.17) is 4.84 Å². The average molecular weight is 197 g/mol. The van der Waals surface area contributed by atoms with Crippen molar-refractivity contribution in [2.75, 3.05) is 0 Å². The van der Waals surface area contributed by atoms with Crippen molar-refractivity contribution in [2.45, 2.75) is 0 Å². The van der Waals surface area contributed by atoms with E-state index in [-0.39, 0.29) is 5.65 Å². The molecule has 0 saturated carbocycles. The van der Waals surface area contributed by atoms with Crippen molar-refractivity contribution >= 4 is 23.5 Å². The Morgan fingerprint density at radius 3 is 2.93 bits per heavy atom. The van der Waals surface area contributed by atoms with Crippen LogP contribution in [0.4, 0.5) is 0 Å². The van der Waals surface area contributed by atoms with E-state index in [1.165, 1.54) is 7.06 Å². The summed E-state index contributed by atoms with van der Waals surface area (Å²) in [5.74, 6) is 0.647. The first-order chi connectivity index (χ1) is 7.36. The molecule has 0 aromatic heterocycles. The molecule has 0 fully saturated rings. The van der Waals surface area contributed by atoms with Crippen LogP contribution in [-0.2, 0) is 0 Å². The van der Waals surface area contributed by atoms with Crippen LogP contribution < -0.4 is 10.2 Å². The number of nitrogens with one attached hydrogen (secondary N) is 1. The predicted molar refractivity (Wildman–Crippen MR) is 59.5 cm³/mol. The Morgan fingerprint density at radius 2 is 2.00 bits per heavy atom. The summed E-state index contributed by atoms with van der Waals surface area (Å²) in [7, 11) is 1.44. The standard InChI is InChI=1S/C11H8BNO2/c14-11-10-8-4-2-1-3-7(8)5-6-9(10)15-13-12-11/h1-6,13-14H. The zero-order valence-electron chi connectivity index (χ0n) is 7.90. The molecule has 4 heteroatoms. The molecule has 0 unspecified atom stereocenters. The summed E-state index contributed by atoms with van der Waals surface area (Å²) in [6, 6.07) is 11.7. The molecule has 15 heavy (non-hydrogen) atoms. The Kier molecular flexibility index (Phi) is 1.68. The van der Waals surface area contributed by atoms with Crippen molar-refractivity contribution in [3.63, 3.8) is 0 Å². The van der Waals surface area contributed by atoms with E-state index in [0.29, 0.717) is 5.75 Å². The second-order valence-electron chi connectivity index (χ2n) is 3.41. The monoisotopic (exact) mass is 197 g/mol. The third-order valence-electron chi connectivity index (χ3n) is 2.51. The molecule has 0 bridgehead atoms. The topological polar surface area (TPSA) is 41.5 Å². The molecule has 2 N–H and O–H groups in total. The Balaban J connectivity index is 2.43. The van der Waals surface area contributed by atoms with Gasteiger partial charge < -0.3 is 0 Å². The number of fused-ring (bicyclic) bond motifs is 3. The molecule has 3 rings (SSSR count). The summed E-state index contributed by atoms with van der Waals surface area (Å²) in [5.41, 5.74) is 0.944. The summed E-state index contributed by atoms with van der Waals surface area (Å²) in [4.78, 5) is 5.22. The molecule has 72 valence electrons. The van der Waals surface area contributed by atoms with E-state index in [1.54, 1.807) is 0 Å². The van der Waals surface area contributed by atoms with Gasteiger partial charge in [-0.05, 0) is 0 Å². The van der Waals surface area contributed by atoms with E-state index in [2.05, 4.69) is 5.39 Å². The van der Waals surface area contributed by atoms with Crippen LogP contribution in [0.3, 0.4) is 0 Å². The summed E-state index contributed by atoms with van der Waals surface area (Å²) in [6.45, 7) is 0. The molecule has 0 amide bonds. The third-order valence-corrected chi connectivity index (χ3v) is 2.51. The summed E-state index contributed by atoms with van der Waals surface area (Å²) >= 11 is 0. The minimum absolute atomic E-state index is 0.202. The Morgan fingerprint density at radius 1 is 1.13 bits per heavy atom. The van der Waals surface area contributed by atoms with Gasteiger partial charge in [0.05, 0.1) is 0 Å². The first-order valence-corrected chi connectivity index (χ1v) is 4.70. The molecule has 0 aliphatic carbocycles. The van der Waals surface area contributed by atoms with E-state index >= 15 is 0 Å². The predicted octanol–water partition coefficient (Wildman–Crippen LogP) is 1.21. The molecule has 0 spiro atoms. The number of benzene rings is 2. The molecule has 0 atom stereocenters. The summed E-state index contributed by atoms with van der Waals surface area (Å²) in [6.07, 6.45) is 0. The van der Waals surface area contributed by atoms with Crippen molar-refractivity contribution in [1.82, 2.24) is 5.39 Å². The molecule has 3 nitrogen and oxygen atoms in total. The summed E-state index contributed by atoms with van der Waals surface area (Å²) < 4.78 is 0.